The summed E-state index contributed by atoms with van der Waals surface area (Å²) in [5, 5.41) is 10.4. The highest BCUT2D eigenvalue weighted by atomic mass is 16.4. The first-order valence-corrected chi connectivity index (χ1v) is 8.20. The van der Waals surface area contributed by atoms with Gasteiger partial charge in [0.15, 0.2) is 0 Å². The van der Waals surface area contributed by atoms with Crippen LogP contribution >= 0.6 is 0 Å². The van der Waals surface area contributed by atoms with Gasteiger partial charge in [-0.3, -0.25) is 4.79 Å². The molecule has 2 atom stereocenters. The first kappa shape index (κ1) is 15.8. The van der Waals surface area contributed by atoms with Crippen molar-refractivity contribution in [2.75, 3.05) is 6.54 Å². The van der Waals surface area contributed by atoms with Crippen LogP contribution in [-0.4, -0.2) is 38.1 Å². The van der Waals surface area contributed by atoms with Crippen molar-refractivity contribution in [3.63, 3.8) is 0 Å². The van der Waals surface area contributed by atoms with Gasteiger partial charge >= 0.3 is 0 Å². The molecule has 124 valence electrons. The Morgan fingerprint density at radius 1 is 1.43 bits per heavy atom. The number of likely N-dealkylation sites (tertiary alicyclic amines) is 1. The van der Waals surface area contributed by atoms with Crippen LogP contribution in [0.25, 0.3) is 0 Å². The van der Waals surface area contributed by atoms with Crippen molar-refractivity contribution >= 4 is 5.91 Å². The number of imidazole rings is 1. The maximum atomic E-state index is 12.7. The highest BCUT2D eigenvalue weighted by Gasteiger charge is 2.28. The van der Waals surface area contributed by atoms with Gasteiger partial charge in [0.25, 0.3) is 0 Å². The van der Waals surface area contributed by atoms with E-state index in [9.17, 15) is 9.90 Å². The molecule has 6 nitrogen and oxygen atoms in total. The average Bonchev–Trinajstić information content (AvgIpc) is 3.19. The minimum atomic E-state index is -0.670. The fourth-order valence-electron chi connectivity index (χ4n) is 3.23. The molecule has 0 radical (unpaired) electrons. The lowest BCUT2D eigenvalue weighted by Gasteiger charge is -2.31. The molecular weight excluding hydrogens is 294 g/mol. The summed E-state index contributed by atoms with van der Waals surface area (Å²) in [7, 11) is 0. The smallest absolute Gasteiger partial charge is 0.242 e. The van der Waals surface area contributed by atoms with Crippen molar-refractivity contribution in [1.82, 2.24) is 14.5 Å². The van der Waals surface area contributed by atoms with E-state index in [1.54, 1.807) is 41.7 Å². The molecule has 1 saturated heterocycles. The first-order chi connectivity index (χ1) is 11.2. The van der Waals surface area contributed by atoms with Crippen molar-refractivity contribution in [3.05, 3.63) is 42.9 Å². The summed E-state index contributed by atoms with van der Waals surface area (Å²) in [6.07, 6.45) is 10.7. The zero-order valence-corrected chi connectivity index (χ0v) is 13.2. The Kier molecular flexibility index (Phi) is 5.12. The summed E-state index contributed by atoms with van der Waals surface area (Å²) in [6, 6.07) is 3.60. The lowest BCUT2D eigenvalue weighted by atomic mass is 10.0. The molecule has 1 N–H and O–H groups in total. The van der Waals surface area contributed by atoms with Gasteiger partial charge in [0.1, 0.15) is 18.4 Å². The fourth-order valence-corrected chi connectivity index (χ4v) is 3.23. The minimum absolute atomic E-state index is 0.0496. The molecule has 2 aromatic rings. The number of aliphatic hydroxyl groups is 1. The molecule has 2 unspecified atom stereocenters. The highest BCUT2D eigenvalue weighted by Crippen LogP contribution is 2.27. The lowest BCUT2D eigenvalue weighted by Crippen LogP contribution is -2.42. The van der Waals surface area contributed by atoms with Crippen molar-refractivity contribution in [3.8, 4) is 0 Å². The normalized spacial score (nSPS) is 20.2. The quantitative estimate of drug-likeness (QED) is 0.919. The molecule has 0 bridgehead atoms. The van der Waals surface area contributed by atoms with Crippen LogP contribution in [0.3, 0.4) is 0 Å². The largest absolute Gasteiger partial charge is 0.467 e. The van der Waals surface area contributed by atoms with E-state index >= 15 is 0 Å². The van der Waals surface area contributed by atoms with Crippen LogP contribution in [0.2, 0.25) is 0 Å². The highest BCUT2D eigenvalue weighted by molar-refractivity contribution is 5.76. The zero-order valence-electron chi connectivity index (χ0n) is 13.2. The zero-order chi connectivity index (χ0) is 16.1. The van der Waals surface area contributed by atoms with Crippen molar-refractivity contribution < 1.29 is 14.3 Å². The van der Waals surface area contributed by atoms with Crippen LogP contribution in [0.15, 0.2) is 41.5 Å². The lowest BCUT2D eigenvalue weighted by molar-refractivity contribution is -0.134. The molecule has 6 heteroatoms. The van der Waals surface area contributed by atoms with Crippen molar-refractivity contribution in [2.24, 2.45) is 0 Å². The number of nitrogens with zero attached hydrogens (tertiary/aromatic N) is 3. The number of aromatic nitrogens is 2. The molecule has 1 fully saturated rings. The summed E-state index contributed by atoms with van der Waals surface area (Å²) >= 11 is 0. The molecular formula is C17H23N3O3. The molecule has 2 aromatic heterocycles. The third-order valence-electron chi connectivity index (χ3n) is 4.44. The summed E-state index contributed by atoms with van der Waals surface area (Å²) in [6.45, 7) is 1.05. The molecule has 23 heavy (non-hydrogen) atoms. The van der Waals surface area contributed by atoms with Crippen LogP contribution in [0, 0.1) is 0 Å². The molecule has 1 aliphatic rings. The van der Waals surface area contributed by atoms with Crippen LogP contribution in [0.5, 0.6) is 0 Å². The van der Waals surface area contributed by atoms with Crippen molar-refractivity contribution in [2.45, 2.75) is 50.8 Å². The number of carbonyl (C=O) groups excluding carboxylic acids is 1. The van der Waals surface area contributed by atoms with E-state index in [0.29, 0.717) is 18.7 Å². The number of carbonyl (C=O) groups is 1. The molecule has 0 aliphatic carbocycles. The van der Waals surface area contributed by atoms with E-state index in [1.807, 2.05) is 4.90 Å². The Hall–Kier alpha value is -2.08. The van der Waals surface area contributed by atoms with Gasteiger partial charge < -0.3 is 19.0 Å². The monoisotopic (exact) mass is 317 g/mol. The minimum Gasteiger partial charge on any atom is -0.467 e. The van der Waals surface area contributed by atoms with E-state index in [-0.39, 0.29) is 11.9 Å². The Morgan fingerprint density at radius 3 is 3.09 bits per heavy atom. The molecule has 3 rings (SSSR count). The molecule has 3 heterocycles. The number of aliphatic hydroxyl groups excluding tert-OH is 1. The van der Waals surface area contributed by atoms with E-state index in [2.05, 4.69) is 4.98 Å². The number of furan rings is 1. The molecule has 1 aliphatic heterocycles. The fraction of sp³-hybridized carbons (Fsp3) is 0.529. The van der Waals surface area contributed by atoms with E-state index in [1.165, 1.54) is 0 Å². The Morgan fingerprint density at radius 2 is 2.35 bits per heavy atom. The second kappa shape index (κ2) is 7.46. The average molecular weight is 317 g/mol. The first-order valence-electron chi connectivity index (χ1n) is 8.20. The van der Waals surface area contributed by atoms with Gasteiger partial charge in [-0.05, 0) is 25.0 Å². The maximum absolute atomic E-state index is 12.7. The van der Waals surface area contributed by atoms with Crippen LogP contribution in [-0.2, 0) is 11.3 Å². The van der Waals surface area contributed by atoms with Crippen LogP contribution in [0.4, 0.5) is 0 Å². The molecule has 0 aromatic carbocycles. The van der Waals surface area contributed by atoms with Gasteiger partial charge in [0, 0.05) is 31.4 Å². The van der Waals surface area contributed by atoms with Crippen molar-refractivity contribution in [1.29, 1.82) is 0 Å². The topological polar surface area (TPSA) is 71.5 Å². The Balaban J connectivity index is 1.68. The third-order valence-corrected chi connectivity index (χ3v) is 4.44. The van der Waals surface area contributed by atoms with Gasteiger partial charge in [0.05, 0.1) is 12.6 Å². The van der Waals surface area contributed by atoms with E-state index < -0.39 is 6.10 Å². The van der Waals surface area contributed by atoms with Crippen LogP contribution in [0.1, 0.15) is 44.0 Å². The standard InChI is InChI=1S/C17H23N3O3/c21-15(16-6-4-10-23-16)11-14-5-2-1-3-8-20(14)17(22)12-19-9-7-18-13-19/h4,6-7,9-10,13-15,21H,1-3,5,8,11-12H2. The molecule has 0 saturated carbocycles. The SMILES string of the molecule is O=C(Cn1ccnc1)N1CCCCCC1CC(O)c1ccco1. The van der Waals surface area contributed by atoms with E-state index in [0.717, 1.165) is 32.2 Å². The predicted molar refractivity (Wildman–Crippen MR) is 84.5 cm³/mol. The summed E-state index contributed by atoms with van der Waals surface area (Å²) in [5.74, 6) is 0.651. The Bertz CT molecular complexity index is 595. The second-order valence-electron chi connectivity index (χ2n) is 6.09. The maximum Gasteiger partial charge on any atom is 0.242 e. The summed E-state index contributed by atoms with van der Waals surface area (Å²) in [4.78, 5) is 18.6. The third kappa shape index (κ3) is 4.01. The predicted octanol–water partition coefficient (Wildman–Crippen LogP) is 2.37. The molecule has 0 spiro atoms. The van der Waals surface area contributed by atoms with Gasteiger partial charge in [-0.1, -0.05) is 12.8 Å². The van der Waals surface area contributed by atoms with Gasteiger partial charge in [-0.15, -0.1) is 0 Å². The summed E-state index contributed by atoms with van der Waals surface area (Å²) < 4.78 is 7.07. The van der Waals surface area contributed by atoms with Gasteiger partial charge in [-0.25, -0.2) is 4.98 Å². The second-order valence-corrected chi connectivity index (χ2v) is 6.09. The van der Waals surface area contributed by atoms with Gasteiger partial charge in [0.2, 0.25) is 5.91 Å². The Labute approximate surface area is 135 Å². The molecule has 1 amide bonds. The van der Waals surface area contributed by atoms with E-state index in [4.69, 9.17) is 4.42 Å². The van der Waals surface area contributed by atoms with Crippen LogP contribution < -0.4 is 0 Å². The number of rotatable bonds is 5. The number of hydrogen-bond acceptors (Lipinski definition) is 4. The number of hydrogen-bond donors (Lipinski definition) is 1. The number of amides is 1. The van der Waals surface area contributed by atoms with Gasteiger partial charge in [-0.2, -0.15) is 0 Å². The summed E-state index contributed by atoms with van der Waals surface area (Å²) in [5.41, 5.74) is 0.